The van der Waals surface area contributed by atoms with E-state index in [0.717, 1.165) is 35.9 Å². The first kappa shape index (κ1) is 18.0. The Labute approximate surface area is 167 Å². The molecule has 2 aliphatic carbocycles. The predicted molar refractivity (Wildman–Crippen MR) is 113 cm³/mol. The smallest absolute Gasteiger partial charge is 0.162 e. The third-order valence-electron chi connectivity index (χ3n) is 6.99. The van der Waals surface area contributed by atoms with Crippen LogP contribution in [0.4, 0.5) is 5.69 Å². The van der Waals surface area contributed by atoms with Gasteiger partial charge in [-0.25, -0.2) is 0 Å². The van der Waals surface area contributed by atoms with Crippen LogP contribution in [0.2, 0.25) is 0 Å². The van der Waals surface area contributed by atoms with E-state index in [4.69, 9.17) is 14.5 Å². The molecule has 1 aromatic carbocycles. The minimum atomic E-state index is 0.541. The fraction of sp³-hybridized carbons (Fsp3) is 0.609. The Morgan fingerprint density at radius 2 is 1.71 bits per heavy atom. The minimum Gasteiger partial charge on any atom is -0.493 e. The van der Waals surface area contributed by atoms with Gasteiger partial charge in [0.05, 0.1) is 19.7 Å². The van der Waals surface area contributed by atoms with E-state index in [1.54, 1.807) is 14.2 Å². The van der Waals surface area contributed by atoms with Gasteiger partial charge in [0, 0.05) is 48.0 Å². The van der Waals surface area contributed by atoms with Gasteiger partial charge in [-0.3, -0.25) is 4.98 Å². The average Bonchev–Trinajstić information content (AvgIpc) is 3.15. The molecule has 0 atom stereocenters. The SMILES string of the molecule is COc1cc2nc3c(c(NC4CCN(C5CCC5)CC4)c2cc1OC)CCC3. The Morgan fingerprint density at radius 3 is 2.39 bits per heavy atom. The summed E-state index contributed by atoms with van der Waals surface area (Å²) in [5.74, 6) is 1.53. The summed E-state index contributed by atoms with van der Waals surface area (Å²) in [5.41, 5.74) is 4.98. The predicted octanol–water partition coefficient (Wildman–Crippen LogP) is 4.17. The Morgan fingerprint density at radius 1 is 0.964 bits per heavy atom. The van der Waals surface area contributed by atoms with E-state index in [0.29, 0.717) is 6.04 Å². The second-order valence-electron chi connectivity index (χ2n) is 8.53. The maximum absolute atomic E-state index is 5.58. The third-order valence-corrected chi connectivity index (χ3v) is 6.99. The van der Waals surface area contributed by atoms with Crippen LogP contribution in [0, 0.1) is 0 Å². The molecular weight excluding hydrogens is 350 g/mol. The fourth-order valence-corrected chi connectivity index (χ4v) is 5.12. The highest BCUT2D eigenvalue weighted by Crippen LogP contribution is 2.40. The summed E-state index contributed by atoms with van der Waals surface area (Å²) in [5, 5.41) is 5.11. The Bertz CT molecular complexity index is 870. The van der Waals surface area contributed by atoms with Crippen molar-refractivity contribution in [2.45, 2.75) is 63.5 Å². The number of hydrogen-bond acceptors (Lipinski definition) is 5. The molecule has 2 aromatic rings. The first-order valence-corrected chi connectivity index (χ1v) is 10.8. The third kappa shape index (κ3) is 3.10. The number of anilines is 1. The zero-order chi connectivity index (χ0) is 19.1. The van der Waals surface area contributed by atoms with Gasteiger partial charge in [0.2, 0.25) is 0 Å². The number of aromatic nitrogens is 1. The van der Waals surface area contributed by atoms with E-state index in [2.05, 4.69) is 16.3 Å². The van der Waals surface area contributed by atoms with Gasteiger partial charge in [-0.05, 0) is 56.6 Å². The van der Waals surface area contributed by atoms with Crippen molar-refractivity contribution in [1.82, 2.24) is 9.88 Å². The molecule has 5 heteroatoms. The zero-order valence-electron chi connectivity index (χ0n) is 17.1. The molecule has 0 radical (unpaired) electrons. The summed E-state index contributed by atoms with van der Waals surface area (Å²) in [6.45, 7) is 2.45. The molecule has 0 amide bonds. The normalized spacial score (nSPS) is 20.8. The highest BCUT2D eigenvalue weighted by molar-refractivity contribution is 5.96. The number of ether oxygens (including phenoxy) is 2. The number of pyridine rings is 1. The monoisotopic (exact) mass is 381 g/mol. The van der Waals surface area contributed by atoms with Gasteiger partial charge < -0.3 is 19.7 Å². The Balaban J connectivity index is 1.46. The van der Waals surface area contributed by atoms with E-state index in [1.165, 1.54) is 73.9 Å². The first-order valence-electron chi connectivity index (χ1n) is 10.8. The van der Waals surface area contributed by atoms with Crippen LogP contribution >= 0.6 is 0 Å². The standard InChI is InChI=1S/C23H31N3O2/c1-27-21-13-18-20(14-22(21)28-2)25-19-8-4-7-17(19)23(18)24-15-9-11-26(12-10-15)16-5-3-6-16/h13-16H,3-12H2,1-2H3,(H,24,25). The highest BCUT2D eigenvalue weighted by atomic mass is 16.5. The molecule has 1 N–H and O–H groups in total. The van der Waals surface area contributed by atoms with Crippen molar-refractivity contribution >= 4 is 16.6 Å². The van der Waals surface area contributed by atoms with Crippen LogP contribution in [-0.4, -0.2) is 49.3 Å². The average molecular weight is 382 g/mol. The number of rotatable bonds is 5. The van der Waals surface area contributed by atoms with Crippen molar-refractivity contribution in [3.05, 3.63) is 23.4 Å². The van der Waals surface area contributed by atoms with Gasteiger partial charge >= 0.3 is 0 Å². The quantitative estimate of drug-likeness (QED) is 0.842. The van der Waals surface area contributed by atoms with E-state index >= 15 is 0 Å². The van der Waals surface area contributed by atoms with Gasteiger partial charge in [-0.1, -0.05) is 6.42 Å². The molecule has 28 heavy (non-hydrogen) atoms. The molecule has 5 nitrogen and oxygen atoms in total. The summed E-state index contributed by atoms with van der Waals surface area (Å²) >= 11 is 0. The lowest BCUT2D eigenvalue weighted by atomic mass is 9.89. The largest absolute Gasteiger partial charge is 0.493 e. The summed E-state index contributed by atoms with van der Waals surface area (Å²) in [7, 11) is 3.39. The first-order chi connectivity index (χ1) is 13.8. The molecule has 0 bridgehead atoms. The van der Waals surface area contributed by atoms with Gasteiger partial charge in [0.1, 0.15) is 0 Å². The van der Waals surface area contributed by atoms with Crippen LogP contribution in [-0.2, 0) is 12.8 Å². The molecule has 1 saturated carbocycles. The summed E-state index contributed by atoms with van der Waals surface area (Å²) < 4.78 is 11.1. The van der Waals surface area contributed by atoms with Crippen molar-refractivity contribution in [2.24, 2.45) is 0 Å². The second kappa shape index (κ2) is 7.43. The van der Waals surface area contributed by atoms with Crippen LogP contribution in [0.25, 0.3) is 10.9 Å². The van der Waals surface area contributed by atoms with Crippen molar-refractivity contribution in [3.8, 4) is 11.5 Å². The summed E-state index contributed by atoms with van der Waals surface area (Å²) in [6, 6.07) is 5.53. The van der Waals surface area contributed by atoms with Crippen molar-refractivity contribution in [3.63, 3.8) is 0 Å². The topological polar surface area (TPSA) is 46.6 Å². The molecule has 2 fully saturated rings. The molecule has 5 rings (SSSR count). The van der Waals surface area contributed by atoms with Gasteiger partial charge in [-0.15, -0.1) is 0 Å². The summed E-state index contributed by atoms with van der Waals surface area (Å²) in [6.07, 6.45) is 10.1. The molecule has 3 aliphatic rings. The number of methoxy groups -OCH3 is 2. The van der Waals surface area contributed by atoms with Crippen molar-refractivity contribution in [2.75, 3.05) is 32.6 Å². The number of likely N-dealkylation sites (tertiary alicyclic amines) is 1. The van der Waals surface area contributed by atoms with Crippen LogP contribution in [0.15, 0.2) is 12.1 Å². The van der Waals surface area contributed by atoms with E-state index in [9.17, 15) is 0 Å². The van der Waals surface area contributed by atoms with Crippen LogP contribution in [0.5, 0.6) is 11.5 Å². The van der Waals surface area contributed by atoms with Crippen molar-refractivity contribution < 1.29 is 9.47 Å². The number of piperidine rings is 1. The van der Waals surface area contributed by atoms with E-state index in [-0.39, 0.29) is 0 Å². The molecule has 1 aliphatic heterocycles. The molecule has 150 valence electrons. The zero-order valence-corrected chi connectivity index (χ0v) is 17.1. The lowest BCUT2D eigenvalue weighted by Gasteiger charge is -2.42. The Hall–Kier alpha value is -2.01. The van der Waals surface area contributed by atoms with E-state index < -0.39 is 0 Å². The number of nitrogens with one attached hydrogen (secondary N) is 1. The lowest BCUT2D eigenvalue weighted by molar-refractivity contribution is 0.101. The summed E-state index contributed by atoms with van der Waals surface area (Å²) in [4.78, 5) is 7.68. The fourth-order valence-electron chi connectivity index (χ4n) is 5.12. The number of aryl methyl sites for hydroxylation is 1. The maximum atomic E-state index is 5.58. The molecule has 2 heterocycles. The molecule has 1 aromatic heterocycles. The van der Waals surface area contributed by atoms with Crippen LogP contribution in [0.1, 0.15) is 49.8 Å². The molecule has 0 unspecified atom stereocenters. The number of nitrogens with zero attached hydrogens (tertiary/aromatic N) is 2. The minimum absolute atomic E-state index is 0.541. The van der Waals surface area contributed by atoms with Crippen LogP contribution in [0.3, 0.4) is 0 Å². The Kier molecular flexibility index (Phi) is 4.79. The molecular formula is C23H31N3O2. The van der Waals surface area contributed by atoms with Gasteiger partial charge in [-0.2, -0.15) is 0 Å². The second-order valence-corrected chi connectivity index (χ2v) is 8.53. The maximum Gasteiger partial charge on any atom is 0.162 e. The van der Waals surface area contributed by atoms with Gasteiger partial charge in [0.25, 0.3) is 0 Å². The van der Waals surface area contributed by atoms with Crippen LogP contribution < -0.4 is 14.8 Å². The molecule has 0 spiro atoms. The number of benzene rings is 1. The lowest BCUT2D eigenvalue weighted by Crippen LogP contribution is -2.47. The van der Waals surface area contributed by atoms with Gasteiger partial charge in [0.15, 0.2) is 11.5 Å². The highest BCUT2D eigenvalue weighted by Gasteiger charge is 2.30. The molecule has 1 saturated heterocycles. The number of fused-ring (bicyclic) bond motifs is 2. The number of hydrogen-bond donors (Lipinski definition) is 1. The van der Waals surface area contributed by atoms with Crippen molar-refractivity contribution in [1.29, 1.82) is 0 Å². The van der Waals surface area contributed by atoms with E-state index in [1.807, 2.05) is 6.07 Å².